The Morgan fingerprint density at radius 2 is 2.27 bits per heavy atom. The molecule has 1 aromatic rings. The molecule has 1 aromatic carbocycles. The van der Waals surface area contributed by atoms with E-state index in [9.17, 15) is 4.79 Å². The topological polar surface area (TPSA) is 47.6 Å². The van der Waals surface area contributed by atoms with Crippen molar-refractivity contribution in [3.05, 3.63) is 36.9 Å². The summed E-state index contributed by atoms with van der Waals surface area (Å²) in [5.41, 5.74) is 3.11. The first-order chi connectivity index (χ1) is 7.27. The van der Waals surface area contributed by atoms with E-state index in [1.165, 1.54) is 0 Å². The lowest BCUT2D eigenvalue weighted by atomic mass is 10.3. The fourth-order valence-corrected chi connectivity index (χ4v) is 0.979. The van der Waals surface area contributed by atoms with Gasteiger partial charge >= 0.3 is 5.97 Å². The van der Waals surface area contributed by atoms with Gasteiger partial charge in [-0.05, 0) is 19.1 Å². The highest BCUT2D eigenvalue weighted by Gasteiger charge is 2.03. The van der Waals surface area contributed by atoms with Gasteiger partial charge in [0.25, 0.3) is 0 Å². The van der Waals surface area contributed by atoms with E-state index >= 15 is 0 Å². The number of nitrogens with one attached hydrogen (secondary N) is 1. The lowest BCUT2D eigenvalue weighted by molar-refractivity contribution is -0.134. The van der Waals surface area contributed by atoms with Crippen LogP contribution in [0.4, 0.5) is 5.69 Å². The van der Waals surface area contributed by atoms with Gasteiger partial charge in [0.2, 0.25) is 0 Å². The summed E-state index contributed by atoms with van der Waals surface area (Å²) in [7, 11) is 0. The number of hydrogen-bond acceptors (Lipinski definition) is 4. The van der Waals surface area contributed by atoms with Crippen LogP contribution in [0, 0.1) is 0 Å². The molecule has 0 radical (unpaired) electrons. The van der Waals surface area contributed by atoms with Crippen molar-refractivity contribution in [3.63, 3.8) is 0 Å². The molecule has 1 N–H and O–H groups in total. The smallest absolute Gasteiger partial charge is 0.355 e. The third-order valence-corrected chi connectivity index (χ3v) is 1.62. The van der Waals surface area contributed by atoms with Crippen LogP contribution in [0.5, 0.6) is 5.75 Å². The zero-order valence-corrected chi connectivity index (χ0v) is 8.53. The largest absolute Gasteiger partial charge is 0.492 e. The number of ether oxygens (including phenoxy) is 1. The van der Waals surface area contributed by atoms with Crippen LogP contribution in [0.1, 0.15) is 6.92 Å². The maximum Gasteiger partial charge on any atom is 0.355 e. The summed E-state index contributed by atoms with van der Waals surface area (Å²) in [6.45, 7) is 5.72. The van der Waals surface area contributed by atoms with E-state index in [1.807, 2.05) is 19.1 Å². The Kier molecular flexibility index (Phi) is 4.22. The molecule has 0 bridgehead atoms. The average Bonchev–Trinajstić information content (AvgIpc) is 2.28. The van der Waals surface area contributed by atoms with Crippen LogP contribution >= 0.6 is 0 Å². The van der Waals surface area contributed by atoms with Crippen LogP contribution in [0.25, 0.3) is 0 Å². The van der Waals surface area contributed by atoms with Gasteiger partial charge in [0.1, 0.15) is 11.4 Å². The third kappa shape index (κ3) is 3.34. The van der Waals surface area contributed by atoms with Crippen LogP contribution in [0.3, 0.4) is 0 Å². The minimum atomic E-state index is -0.540. The Morgan fingerprint density at radius 3 is 2.93 bits per heavy atom. The van der Waals surface area contributed by atoms with Gasteiger partial charge in [0, 0.05) is 6.08 Å². The molecule has 0 aliphatic heterocycles. The monoisotopic (exact) mass is 207 g/mol. The molecule has 0 saturated carbocycles. The maximum absolute atomic E-state index is 10.8. The zero-order chi connectivity index (χ0) is 11.1. The predicted molar refractivity (Wildman–Crippen MR) is 57.5 cm³/mol. The second-order valence-corrected chi connectivity index (χ2v) is 2.66. The Labute approximate surface area is 88.5 Å². The van der Waals surface area contributed by atoms with Gasteiger partial charge in [-0.2, -0.15) is 0 Å². The van der Waals surface area contributed by atoms with Crippen LogP contribution in [-0.4, -0.2) is 12.6 Å². The Bertz CT molecular complexity index is 349. The van der Waals surface area contributed by atoms with Crippen LogP contribution in [-0.2, 0) is 9.63 Å². The number of para-hydroxylation sites is 2. The maximum atomic E-state index is 10.8. The first-order valence-electron chi connectivity index (χ1n) is 4.59. The van der Waals surface area contributed by atoms with Gasteiger partial charge in [-0.1, -0.05) is 18.7 Å². The summed E-state index contributed by atoms with van der Waals surface area (Å²) >= 11 is 0. The Hall–Kier alpha value is -1.97. The first kappa shape index (κ1) is 11.1. The van der Waals surface area contributed by atoms with Crippen LogP contribution in [0.2, 0.25) is 0 Å². The quantitative estimate of drug-likeness (QED) is 0.593. The Balaban J connectivity index is 2.66. The minimum absolute atomic E-state index is 0.540. The summed E-state index contributed by atoms with van der Waals surface area (Å²) < 4.78 is 5.32. The van der Waals surface area contributed by atoms with Gasteiger partial charge in [0.05, 0.1) is 6.61 Å². The molecule has 0 amide bonds. The predicted octanol–water partition coefficient (Wildman–Crippen LogP) is 2.14. The summed E-state index contributed by atoms with van der Waals surface area (Å²) in [6.07, 6.45) is 1.08. The summed E-state index contributed by atoms with van der Waals surface area (Å²) in [5, 5.41) is 0. The number of benzene rings is 1. The highest BCUT2D eigenvalue weighted by Crippen LogP contribution is 2.23. The lowest BCUT2D eigenvalue weighted by Crippen LogP contribution is -2.08. The normalized spacial score (nSPS) is 9.13. The molecule has 4 heteroatoms. The van der Waals surface area contributed by atoms with E-state index in [1.54, 1.807) is 12.1 Å². The van der Waals surface area contributed by atoms with Crippen molar-refractivity contribution in [2.75, 3.05) is 12.1 Å². The Morgan fingerprint density at radius 1 is 1.53 bits per heavy atom. The van der Waals surface area contributed by atoms with E-state index in [-0.39, 0.29) is 0 Å². The van der Waals surface area contributed by atoms with Crippen molar-refractivity contribution in [2.45, 2.75) is 6.92 Å². The molecular formula is C11H13NO3. The molecule has 0 unspecified atom stereocenters. The number of hydrogen-bond donors (Lipinski definition) is 1. The number of carbonyl (C=O) groups excluding carboxylic acids is 1. The molecule has 0 atom stereocenters. The molecule has 0 fully saturated rings. The molecule has 80 valence electrons. The summed E-state index contributed by atoms with van der Waals surface area (Å²) in [4.78, 5) is 15.5. The van der Waals surface area contributed by atoms with Crippen molar-refractivity contribution >= 4 is 11.7 Å². The third-order valence-electron chi connectivity index (χ3n) is 1.62. The number of carbonyl (C=O) groups is 1. The molecule has 1 rings (SSSR count). The van der Waals surface area contributed by atoms with E-state index in [2.05, 4.69) is 16.9 Å². The van der Waals surface area contributed by atoms with E-state index in [0.29, 0.717) is 18.0 Å². The molecule has 15 heavy (non-hydrogen) atoms. The SMILES string of the molecule is C=CC(=O)ONc1ccccc1OCC. The van der Waals surface area contributed by atoms with Gasteiger partial charge in [0.15, 0.2) is 0 Å². The molecular weight excluding hydrogens is 194 g/mol. The first-order valence-corrected chi connectivity index (χ1v) is 4.59. The molecule has 0 aliphatic rings. The van der Waals surface area contributed by atoms with Crippen molar-refractivity contribution in [2.24, 2.45) is 0 Å². The van der Waals surface area contributed by atoms with E-state index < -0.39 is 5.97 Å². The van der Waals surface area contributed by atoms with Gasteiger partial charge in [-0.3, -0.25) is 0 Å². The molecule has 0 saturated heterocycles. The van der Waals surface area contributed by atoms with Gasteiger partial charge in [-0.15, -0.1) is 0 Å². The fourth-order valence-electron chi connectivity index (χ4n) is 0.979. The van der Waals surface area contributed by atoms with Crippen molar-refractivity contribution in [3.8, 4) is 5.75 Å². The molecule has 0 spiro atoms. The van der Waals surface area contributed by atoms with E-state index in [0.717, 1.165) is 6.08 Å². The standard InChI is InChI=1S/C11H13NO3/c1-3-11(13)15-12-9-7-5-6-8-10(9)14-4-2/h3,5-8,12H,1,4H2,2H3. The zero-order valence-electron chi connectivity index (χ0n) is 8.53. The van der Waals surface area contributed by atoms with Crippen LogP contribution in [0.15, 0.2) is 36.9 Å². The molecule has 0 heterocycles. The highest BCUT2D eigenvalue weighted by atomic mass is 16.7. The highest BCUT2D eigenvalue weighted by molar-refractivity contribution is 5.82. The summed E-state index contributed by atoms with van der Waals surface area (Å²) in [6, 6.07) is 7.19. The second-order valence-electron chi connectivity index (χ2n) is 2.66. The van der Waals surface area contributed by atoms with E-state index in [4.69, 9.17) is 4.74 Å². The molecule has 0 aromatic heterocycles. The van der Waals surface area contributed by atoms with Gasteiger partial charge < -0.3 is 9.57 Å². The number of rotatable bonds is 5. The van der Waals surface area contributed by atoms with Crippen molar-refractivity contribution in [1.82, 2.24) is 0 Å². The van der Waals surface area contributed by atoms with Crippen LogP contribution < -0.4 is 10.2 Å². The molecule has 4 nitrogen and oxygen atoms in total. The van der Waals surface area contributed by atoms with Crippen molar-refractivity contribution in [1.29, 1.82) is 0 Å². The minimum Gasteiger partial charge on any atom is -0.492 e. The summed E-state index contributed by atoms with van der Waals surface area (Å²) in [5.74, 6) is 0.0955. The average molecular weight is 207 g/mol. The van der Waals surface area contributed by atoms with Crippen molar-refractivity contribution < 1.29 is 14.4 Å². The fraction of sp³-hybridized carbons (Fsp3) is 0.182. The lowest BCUT2D eigenvalue weighted by Gasteiger charge is -2.10. The van der Waals surface area contributed by atoms with Gasteiger partial charge in [-0.25, -0.2) is 10.3 Å². The second kappa shape index (κ2) is 5.70. The number of anilines is 1. The molecule has 0 aliphatic carbocycles.